The summed E-state index contributed by atoms with van der Waals surface area (Å²) in [4.78, 5) is 4.21. The molecule has 12 heavy (non-hydrogen) atoms. The van der Waals surface area contributed by atoms with Gasteiger partial charge in [0.25, 0.3) is 0 Å². The fourth-order valence-corrected chi connectivity index (χ4v) is 1.18. The molecule has 0 saturated carbocycles. The van der Waals surface area contributed by atoms with Crippen LogP contribution in [0.3, 0.4) is 0 Å². The Bertz CT molecular complexity index is 241. The van der Waals surface area contributed by atoms with E-state index in [0.717, 1.165) is 37.6 Å². The van der Waals surface area contributed by atoms with Crippen LogP contribution in [0.5, 0.6) is 0 Å². The molecule has 0 amide bonds. The Hall–Kier alpha value is -0.900. The molecule has 0 bridgehead atoms. The monoisotopic (exact) mass is 168 g/mol. The fraction of sp³-hybridized carbons (Fsp3) is 0.750. The molecule has 0 fully saturated rings. The van der Waals surface area contributed by atoms with E-state index in [1.165, 1.54) is 0 Å². The van der Waals surface area contributed by atoms with Crippen molar-refractivity contribution >= 4 is 0 Å². The normalized spacial score (nSPS) is 10.6. The van der Waals surface area contributed by atoms with E-state index in [-0.39, 0.29) is 0 Å². The van der Waals surface area contributed by atoms with Crippen molar-refractivity contribution < 1.29 is 0 Å². The van der Waals surface area contributed by atoms with Crippen LogP contribution in [0.2, 0.25) is 0 Å². The Morgan fingerprint density at radius 3 is 2.58 bits per heavy atom. The van der Waals surface area contributed by atoms with Crippen molar-refractivity contribution in [2.24, 2.45) is 5.73 Å². The molecule has 1 aromatic rings. The molecule has 0 radical (unpaired) electrons. The molecule has 0 spiro atoms. The predicted molar refractivity (Wildman–Crippen MR) is 47.8 cm³/mol. The van der Waals surface area contributed by atoms with Crippen LogP contribution in [-0.4, -0.2) is 21.3 Å². The first-order chi connectivity index (χ1) is 5.74. The highest BCUT2D eigenvalue weighted by Crippen LogP contribution is 1.98. The SMILES string of the molecule is Cc1nc(C)n(CCCCN)n1. The van der Waals surface area contributed by atoms with Gasteiger partial charge in [0.05, 0.1) is 0 Å². The van der Waals surface area contributed by atoms with Gasteiger partial charge in [-0.15, -0.1) is 0 Å². The van der Waals surface area contributed by atoms with Gasteiger partial charge in [-0.2, -0.15) is 5.10 Å². The number of nitrogens with zero attached hydrogens (tertiary/aromatic N) is 3. The Morgan fingerprint density at radius 1 is 1.33 bits per heavy atom. The lowest BCUT2D eigenvalue weighted by Crippen LogP contribution is -2.05. The maximum Gasteiger partial charge on any atom is 0.147 e. The zero-order valence-electron chi connectivity index (χ0n) is 7.75. The van der Waals surface area contributed by atoms with Gasteiger partial charge in [0.2, 0.25) is 0 Å². The molecule has 2 N–H and O–H groups in total. The summed E-state index contributed by atoms with van der Waals surface area (Å²) < 4.78 is 1.94. The molecule has 0 unspecified atom stereocenters. The summed E-state index contributed by atoms with van der Waals surface area (Å²) in [5.41, 5.74) is 5.39. The number of aryl methyl sites for hydroxylation is 3. The average Bonchev–Trinajstić information content (AvgIpc) is 2.31. The predicted octanol–water partition coefficient (Wildman–Crippen LogP) is 0.634. The van der Waals surface area contributed by atoms with Crippen molar-refractivity contribution in [3.8, 4) is 0 Å². The number of hydrogen-bond acceptors (Lipinski definition) is 3. The molecule has 0 aliphatic rings. The minimum Gasteiger partial charge on any atom is -0.330 e. The highest BCUT2D eigenvalue weighted by Gasteiger charge is 2.00. The van der Waals surface area contributed by atoms with Gasteiger partial charge >= 0.3 is 0 Å². The van der Waals surface area contributed by atoms with Gasteiger partial charge in [-0.05, 0) is 33.2 Å². The highest BCUT2D eigenvalue weighted by atomic mass is 15.3. The summed E-state index contributed by atoms with van der Waals surface area (Å²) in [6.45, 7) is 5.57. The lowest BCUT2D eigenvalue weighted by Gasteiger charge is -2.00. The molecule has 1 rings (SSSR count). The van der Waals surface area contributed by atoms with Gasteiger partial charge in [0.15, 0.2) is 0 Å². The van der Waals surface area contributed by atoms with Crippen LogP contribution >= 0.6 is 0 Å². The van der Waals surface area contributed by atoms with E-state index >= 15 is 0 Å². The molecule has 68 valence electrons. The molecule has 0 aliphatic heterocycles. The van der Waals surface area contributed by atoms with Gasteiger partial charge in [0, 0.05) is 6.54 Å². The Balaban J connectivity index is 2.45. The molecule has 1 heterocycles. The van der Waals surface area contributed by atoms with Crippen molar-refractivity contribution in [2.75, 3.05) is 6.54 Å². The molecule has 0 aromatic carbocycles. The molecule has 4 nitrogen and oxygen atoms in total. The Labute approximate surface area is 72.8 Å². The maximum atomic E-state index is 5.39. The summed E-state index contributed by atoms with van der Waals surface area (Å²) in [6.07, 6.45) is 2.14. The number of unbranched alkanes of at least 4 members (excludes halogenated alkanes) is 1. The number of nitrogens with two attached hydrogens (primary N) is 1. The zero-order valence-corrected chi connectivity index (χ0v) is 7.75. The number of hydrogen-bond donors (Lipinski definition) is 1. The Kier molecular flexibility index (Phi) is 3.22. The van der Waals surface area contributed by atoms with Crippen molar-refractivity contribution in [3.63, 3.8) is 0 Å². The van der Waals surface area contributed by atoms with E-state index in [0.29, 0.717) is 0 Å². The van der Waals surface area contributed by atoms with Gasteiger partial charge in [0.1, 0.15) is 11.6 Å². The van der Waals surface area contributed by atoms with Gasteiger partial charge in [-0.25, -0.2) is 4.98 Å². The van der Waals surface area contributed by atoms with Gasteiger partial charge in [-0.3, -0.25) is 4.68 Å². The largest absolute Gasteiger partial charge is 0.330 e. The van der Waals surface area contributed by atoms with Gasteiger partial charge < -0.3 is 5.73 Å². The molecule has 0 aliphatic carbocycles. The smallest absolute Gasteiger partial charge is 0.147 e. The number of aromatic nitrogens is 3. The second-order valence-electron chi connectivity index (χ2n) is 2.93. The topological polar surface area (TPSA) is 56.7 Å². The van der Waals surface area contributed by atoms with Crippen LogP contribution in [0.4, 0.5) is 0 Å². The van der Waals surface area contributed by atoms with Crippen molar-refractivity contribution in [3.05, 3.63) is 11.6 Å². The van der Waals surface area contributed by atoms with Crippen LogP contribution < -0.4 is 5.73 Å². The summed E-state index contributed by atoms with van der Waals surface area (Å²) in [5.74, 6) is 1.84. The van der Waals surface area contributed by atoms with Crippen molar-refractivity contribution in [2.45, 2.75) is 33.2 Å². The lowest BCUT2D eigenvalue weighted by molar-refractivity contribution is 0.545. The highest BCUT2D eigenvalue weighted by molar-refractivity contribution is 4.87. The van der Waals surface area contributed by atoms with E-state index in [1.807, 2.05) is 18.5 Å². The van der Waals surface area contributed by atoms with E-state index in [1.54, 1.807) is 0 Å². The minimum atomic E-state index is 0.757. The fourth-order valence-electron chi connectivity index (χ4n) is 1.18. The first kappa shape index (κ1) is 9.19. The minimum absolute atomic E-state index is 0.757. The lowest BCUT2D eigenvalue weighted by atomic mass is 10.3. The average molecular weight is 168 g/mol. The standard InChI is InChI=1S/C8H16N4/c1-7-10-8(2)12(11-7)6-4-3-5-9/h3-6,9H2,1-2H3. The van der Waals surface area contributed by atoms with Crippen molar-refractivity contribution in [1.82, 2.24) is 14.8 Å². The molecular weight excluding hydrogens is 152 g/mol. The molecule has 0 saturated heterocycles. The molecule has 0 atom stereocenters. The third-order valence-corrected chi connectivity index (χ3v) is 1.79. The number of rotatable bonds is 4. The summed E-state index contributed by atoms with van der Waals surface area (Å²) in [6, 6.07) is 0. The molecule has 1 aromatic heterocycles. The third-order valence-electron chi connectivity index (χ3n) is 1.79. The van der Waals surface area contributed by atoms with Crippen LogP contribution in [0.15, 0.2) is 0 Å². The summed E-state index contributed by atoms with van der Waals surface area (Å²) >= 11 is 0. The van der Waals surface area contributed by atoms with E-state index < -0.39 is 0 Å². The van der Waals surface area contributed by atoms with Crippen LogP contribution in [-0.2, 0) is 6.54 Å². The zero-order chi connectivity index (χ0) is 8.97. The first-order valence-corrected chi connectivity index (χ1v) is 4.32. The van der Waals surface area contributed by atoms with E-state index in [9.17, 15) is 0 Å². The quantitative estimate of drug-likeness (QED) is 0.671. The Morgan fingerprint density at radius 2 is 2.08 bits per heavy atom. The van der Waals surface area contributed by atoms with Crippen molar-refractivity contribution in [1.29, 1.82) is 0 Å². The maximum absolute atomic E-state index is 5.39. The molecular formula is C8H16N4. The first-order valence-electron chi connectivity index (χ1n) is 4.32. The second-order valence-corrected chi connectivity index (χ2v) is 2.93. The van der Waals surface area contributed by atoms with E-state index in [4.69, 9.17) is 5.73 Å². The summed E-state index contributed by atoms with van der Waals surface area (Å²) in [7, 11) is 0. The van der Waals surface area contributed by atoms with Crippen LogP contribution in [0.25, 0.3) is 0 Å². The van der Waals surface area contributed by atoms with E-state index in [2.05, 4.69) is 10.1 Å². The van der Waals surface area contributed by atoms with Crippen LogP contribution in [0, 0.1) is 13.8 Å². The van der Waals surface area contributed by atoms with Crippen LogP contribution in [0.1, 0.15) is 24.5 Å². The van der Waals surface area contributed by atoms with Gasteiger partial charge in [-0.1, -0.05) is 0 Å². The molecule has 4 heteroatoms. The second kappa shape index (κ2) is 4.21. The third kappa shape index (κ3) is 2.30. The summed E-state index contributed by atoms with van der Waals surface area (Å²) in [5, 5.41) is 4.25.